The normalized spacial score (nSPS) is 10.2. The van der Waals surface area contributed by atoms with Crippen molar-refractivity contribution in [3.8, 4) is 16.2 Å². The molecule has 0 bridgehead atoms. The van der Waals surface area contributed by atoms with Crippen LogP contribution in [0, 0.1) is 0 Å². The van der Waals surface area contributed by atoms with Crippen molar-refractivity contribution in [2.75, 3.05) is 6.61 Å². The van der Waals surface area contributed by atoms with E-state index in [1.54, 1.807) is 0 Å². The van der Waals surface area contributed by atoms with E-state index in [9.17, 15) is 0 Å². The molecule has 1 heterocycles. The molecule has 0 spiro atoms. The number of hydrogen-bond donors (Lipinski definition) is 0. The number of aromatic nitrogens is 1. The number of rotatable bonds is 4. The summed E-state index contributed by atoms with van der Waals surface area (Å²) in [6.07, 6.45) is 2.89. The van der Waals surface area contributed by atoms with Crippen molar-refractivity contribution in [1.29, 1.82) is 0 Å². The first-order valence-corrected chi connectivity index (χ1v) is 5.82. The summed E-state index contributed by atoms with van der Waals surface area (Å²) in [6.45, 7) is 2.85. The van der Waals surface area contributed by atoms with Crippen molar-refractivity contribution in [1.82, 2.24) is 4.37 Å². The molecule has 2 aromatic rings. The SMILES string of the molecule is CCCOc1sncc1-c1ccccc1. The van der Waals surface area contributed by atoms with Gasteiger partial charge in [0, 0.05) is 11.5 Å². The maximum atomic E-state index is 5.64. The van der Waals surface area contributed by atoms with Crippen LogP contribution in [-0.2, 0) is 0 Å². The zero-order valence-corrected chi connectivity index (χ0v) is 9.46. The molecule has 1 aromatic carbocycles. The van der Waals surface area contributed by atoms with E-state index in [0.717, 1.165) is 29.2 Å². The van der Waals surface area contributed by atoms with Crippen LogP contribution < -0.4 is 4.74 Å². The van der Waals surface area contributed by atoms with E-state index in [0.29, 0.717) is 0 Å². The average molecular weight is 219 g/mol. The minimum atomic E-state index is 0.752. The Bertz CT molecular complexity index is 411. The predicted molar refractivity (Wildman–Crippen MR) is 63.3 cm³/mol. The monoisotopic (exact) mass is 219 g/mol. The second-order valence-corrected chi connectivity index (χ2v) is 4.01. The molecule has 3 heteroatoms. The molecule has 2 nitrogen and oxygen atoms in total. The molecule has 0 unspecified atom stereocenters. The lowest BCUT2D eigenvalue weighted by Crippen LogP contribution is -1.93. The molecule has 0 aliphatic heterocycles. The lowest BCUT2D eigenvalue weighted by atomic mass is 10.1. The fourth-order valence-electron chi connectivity index (χ4n) is 1.34. The molecule has 1 aromatic heterocycles. The third kappa shape index (κ3) is 2.36. The van der Waals surface area contributed by atoms with Crippen LogP contribution in [0.2, 0.25) is 0 Å². The Labute approximate surface area is 93.7 Å². The van der Waals surface area contributed by atoms with Gasteiger partial charge < -0.3 is 4.74 Å². The van der Waals surface area contributed by atoms with E-state index in [1.807, 2.05) is 24.4 Å². The number of nitrogens with zero attached hydrogens (tertiary/aromatic N) is 1. The van der Waals surface area contributed by atoms with Crippen molar-refractivity contribution in [2.24, 2.45) is 0 Å². The zero-order chi connectivity index (χ0) is 10.5. The molecule has 0 fully saturated rings. The van der Waals surface area contributed by atoms with E-state index in [1.165, 1.54) is 11.5 Å². The summed E-state index contributed by atoms with van der Waals surface area (Å²) in [7, 11) is 0. The Kier molecular flexibility index (Phi) is 3.35. The lowest BCUT2D eigenvalue weighted by Gasteiger charge is -2.04. The van der Waals surface area contributed by atoms with Crippen LogP contribution >= 0.6 is 11.5 Å². The Morgan fingerprint density at radius 1 is 1.27 bits per heavy atom. The molecule has 0 radical (unpaired) electrons. The molecule has 0 aliphatic rings. The van der Waals surface area contributed by atoms with Gasteiger partial charge in [0.2, 0.25) is 5.06 Å². The van der Waals surface area contributed by atoms with E-state index in [2.05, 4.69) is 23.4 Å². The van der Waals surface area contributed by atoms with Gasteiger partial charge >= 0.3 is 0 Å². The second-order valence-electron chi connectivity index (χ2n) is 3.24. The van der Waals surface area contributed by atoms with E-state index in [-0.39, 0.29) is 0 Å². The van der Waals surface area contributed by atoms with Crippen LogP contribution in [0.15, 0.2) is 36.5 Å². The van der Waals surface area contributed by atoms with Gasteiger partial charge in [0.25, 0.3) is 0 Å². The molecular weight excluding hydrogens is 206 g/mol. The van der Waals surface area contributed by atoms with Crippen LogP contribution in [0.5, 0.6) is 5.06 Å². The highest BCUT2D eigenvalue weighted by Gasteiger charge is 2.08. The standard InChI is InChI=1S/C12H13NOS/c1-2-8-14-12-11(9-13-15-12)10-6-4-3-5-7-10/h3-7,9H,2,8H2,1H3. The molecule has 0 N–H and O–H groups in total. The van der Waals surface area contributed by atoms with Gasteiger partial charge in [-0.05, 0) is 12.0 Å². The molecule has 78 valence electrons. The van der Waals surface area contributed by atoms with Crippen molar-refractivity contribution in [3.05, 3.63) is 36.5 Å². The third-order valence-electron chi connectivity index (χ3n) is 2.06. The third-order valence-corrected chi connectivity index (χ3v) is 2.77. The molecule has 0 aliphatic carbocycles. The first-order chi connectivity index (χ1) is 7.42. The fourth-order valence-corrected chi connectivity index (χ4v) is 2.00. The van der Waals surface area contributed by atoms with Gasteiger partial charge in [-0.3, -0.25) is 0 Å². The highest BCUT2D eigenvalue weighted by Crippen LogP contribution is 2.33. The molecule has 0 amide bonds. The Morgan fingerprint density at radius 2 is 2.07 bits per heavy atom. The summed E-state index contributed by atoms with van der Waals surface area (Å²) in [4.78, 5) is 0. The fraction of sp³-hybridized carbons (Fsp3) is 0.250. The van der Waals surface area contributed by atoms with Crippen LogP contribution in [0.1, 0.15) is 13.3 Å². The maximum Gasteiger partial charge on any atom is 0.201 e. The van der Waals surface area contributed by atoms with Gasteiger partial charge in [-0.2, -0.15) is 4.37 Å². The maximum absolute atomic E-state index is 5.64. The van der Waals surface area contributed by atoms with E-state index < -0.39 is 0 Å². The molecule has 2 rings (SSSR count). The summed E-state index contributed by atoms with van der Waals surface area (Å²) in [5.41, 5.74) is 2.26. The van der Waals surface area contributed by atoms with Gasteiger partial charge in [0.15, 0.2) is 0 Å². The predicted octanol–water partition coefficient (Wildman–Crippen LogP) is 3.60. The number of benzene rings is 1. The van der Waals surface area contributed by atoms with Crippen molar-refractivity contribution in [3.63, 3.8) is 0 Å². The molecule has 0 atom stereocenters. The van der Waals surface area contributed by atoms with Gasteiger partial charge in [0.05, 0.1) is 18.4 Å². The van der Waals surface area contributed by atoms with E-state index in [4.69, 9.17) is 4.74 Å². The quantitative estimate of drug-likeness (QED) is 0.783. The van der Waals surface area contributed by atoms with Crippen LogP contribution in [-0.4, -0.2) is 11.0 Å². The summed E-state index contributed by atoms with van der Waals surface area (Å²) >= 11 is 1.41. The number of ether oxygens (including phenoxy) is 1. The lowest BCUT2D eigenvalue weighted by molar-refractivity contribution is 0.328. The Morgan fingerprint density at radius 3 is 2.80 bits per heavy atom. The summed E-state index contributed by atoms with van der Waals surface area (Å²) in [5, 5.41) is 0.919. The average Bonchev–Trinajstić information content (AvgIpc) is 2.75. The molecule has 15 heavy (non-hydrogen) atoms. The summed E-state index contributed by atoms with van der Waals surface area (Å²) in [5.74, 6) is 0. The molecular formula is C12H13NOS. The van der Waals surface area contributed by atoms with Crippen molar-refractivity contribution >= 4 is 11.5 Å². The second kappa shape index (κ2) is 4.94. The van der Waals surface area contributed by atoms with Crippen molar-refractivity contribution in [2.45, 2.75) is 13.3 Å². The number of hydrogen-bond acceptors (Lipinski definition) is 3. The minimum absolute atomic E-state index is 0.752. The molecule has 0 saturated carbocycles. The van der Waals surface area contributed by atoms with Gasteiger partial charge in [0.1, 0.15) is 0 Å². The minimum Gasteiger partial charge on any atom is -0.482 e. The highest BCUT2D eigenvalue weighted by molar-refractivity contribution is 7.08. The van der Waals surface area contributed by atoms with Gasteiger partial charge in [-0.15, -0.1) is 0 Å². The molecule has 0 saturated heterocycles. The Hall–Kier alpha value is -1.35. The summed E-state index contributed by atoms with van der Waals surface area (Å²) in [6, 6.07) is 10.2. The summed E-state index contributed by atoms with van der Waals surface area (Å²) < 4.78 is 9.80. The van der Waals surface area contributed by atoms with Crippen molar-refractivity contribution < 1.29 is 4.74 Å². The van der Waals surface area contributed by atoms with E-state index >= 15 is 0 Å². The highest BCUT2D eigenvalue weighted by atomic mass is 32.1. The Balaban J connectivity index is 2.25. The van der Waals surface area contributed by atoms with Crippen LogP contribution in [0.25, 0.3) is 11.1 Å². The first-order valence-electron chi connectivity index (χ1n) is 5.04. The zero-order valence-electron chi connectivity index (χ0n) is 8.64. The first kappa shape index (κ1) is 10.2. The topological polar surface area (TPSA) is 22.1 Å². The smallest absolute Gasteiger partial charge is 0.201 e. The van der Waals surface area contributed by atoms with Crippen LogP contribution in [0.4, 0.5) is 0 Å². The van der Waals surface area contributed by atoms with Gasteiger partial charge in [-0.1, -0.05) is 37.3 Å². The largest absolute Gasteiger partial charge is 0.482 e. The van der Waals surface area contributed by atoms with Gasteiger partial charge in [-0.25, -0.2) is 0 Å². The van der Waals surface area contributed by atoms with Crippen LogP contribution in [0.3, 0.4) is 0 Å².